The summed E-state index contributed by atoms with van der Waals surface area (Å²) in [6.45, 7) is 5.42. The van der Waals surface area contributed by atoms with Crippen LogP contribution in [0.15, 0.2) is 22.7 Å². The minimum Gasteiger partial charge on any atom is -0.388 e. The highest BCUT2D eigenvalue weighted by Crippen LogP contribution is 2.17. The van der Waals surface area contributed by atoms with Gasteiger partial charge in [0.15, 0.2) is 0 Å². The van der Waals surface area contributed by atoms with Crippen LogP contribution in [-0.4, -0.2) is 23.2 Å². The topological polar surface area (TPSA) is 49.3 Å². The van der Waals surface area contributed by atoms with Crippen LogP contribution < -0.4 is 5.32 Å². The molecule has 0 aliphatic carbocycles. The Labute approximate surface area is 115 Å². The molecule has 1 aromatic carbocycles. The molecule has 0 radical (unpaired) electrons. The van der Waals surface area contributed by atoms with Crippen molar-refractivity contribution in [2.24, 2.45) is 5.92 Å². The van der Waals surface area contributed by atoms with E-state index >= 15 is 0 Å². The van der Waals surface area contributed by atoms with Gasteiger partial charge in [0.1, 0.15) is 5.82 Å². The predicted molar refractivity (Wildman–Crippen MR) is 71.9 cm³/mol. The Morgan fingerprint density at radius 2 is 2.17 bits per heavy atom. The number of rotatable bonds is 4. The molecule has 0 aliphatic heterocycles. The second-order valence-corrected chi connectivity index (χ2v) is 5.73. The molecular formula is C13H17BrFNO2. The number of carbonyl (C=O) groups excluding carboxylic acids is 1. The largest absolute Gasteiger partial charge is 0.388 e. The molecule has 0 fully saturated rings. The van der Waals surface area contributed by atoms with E-state index in [-0.39, 0.29) is 18.0 Å². The van der Waals surface area contributed by atoms with Gasteiger partial charge in [0, 0.05) is 11.0 Å². The van der Waals surface area contributed by atoms with Crippen LogP contribution in [0.3, 0.4) is 0 Å². The molecule has 1 atom stereocenters. The normalized spacial score (nSPS) is 14.4. The lowest BCUT2D eigenvalue weighted by Gasteiger charge is -2.27. The van der Waals surface area contributed by atoms with Gasteiger partial charge in [-0.05, 0) is 31.0 Å². The van der Waals surface area contributed by atoms with E-state index in [4.69, 9.17) is 0 Å². The lowest BCUT2D eigenvalue weighted by Crippen LogP contribution is -2.44. The van der Waals surface area contributed by atoms with Crippen molar-refractivity contribution in [1.29, 1.82) is 0 Å². The van der Waals surface area contributed by atoms with E-state index in [2.05, 4.69) is 21.2 Å². The van der Waals surface area contributed by atoms with Gasteiger partial charge < -0.3 is 10.4 Å². The zero-order chi connectivity index (χ0) is 13.9. The molecule has 0 heterocycles. The highest BCUT2D eigenvalue weighted by Gasteiger charge is 2.26. The fourth-order valence-corrected chi connectivity index (χ4v) is 1.59. The van der Waals surface area contributed by atoms with Gasteiger partial charge in [-0.2, -0.15) is 0 Å². The van der Waals surface area contributed by atoms with Crippen molar-refractivity contribution >= 4 is 21.8 Å². The van der Waals surface area contributed by atoms with Crippen molar-refractivity contribution in [3.63, 3.8) is 0 Å². The van der Waals surface area contributed by atoms with Crippen LogP contribution in [0, 0.1) is 11.7 Å². The highest BCUT2D eigenvalue weighted by molar-refractivity contribution is 9.10. The molecule has 0 saturated carbocycles. The zero-order valence-electron chi connectivity index (χ0n) is 10.6. The summed E-state index contributed by atoms with van der Waals surface area (Å²) < 4.78 is 14.1. The molecule has 1 amide bonds. The highest BCUT2D eigenvalue weighted by atomic mass is 79.9. The van der Waals surface area contributed by atoms with Crippen LogP contribution in [0.2, 0.25) is 0 Å². The molecule has 1 rings (SSSR count). The van der Waals surface area contributed by atoms with Gasteiger partial charge in [-0.1, -0.05) is 29.8 Å². The molecule has 18 heavy (non-hydrogen) atoms. The second-order valence-electron chi connectivity index (χ2n) is 4.82. The standard InChI is InChI=1S/C13H17BrFNO2/c1-8(2)13(3,18)7-16-12(17)10-6-9(14)4-5-11(10)15/h4-6,8,18H,7H2,1-3H3,(H,16,17). The maximum atomic E-state index is 13.5. The van der Waals surface area contributed by atoms with Crippen molar-refractivity contribution < 1.29 is 14.3 Å². The Bertz CT molecular complexity index is 447. The third-order valence-corrected chi connectivity index (χ3v) is 3.52. The molecule has 0 saturated heterocycles. The zero-order valence-corrected chi connectivity index (χ0v) is 12.2. The van der Waals surface area contributed by atoms with Crippen LogP contribution >= 0.6 is 15.9 Å². The number of amides is 1. The summed E-state index contributed by atoms with van der Waals surface area (Å²) in [6, 6.07) is 4.16. The molecule has 1 unspecified atom stereocenters. The van der Waals surface area contributed by atoms with E-state index in [0.717, 1.165) is 0 Å². The van der Waals surface area contributed by atoms with Crippen molar-refractivity contribution in [3.05, 3.63) is 34.1 Å². The van der Waals surface area contributed by atoms with Gasteiger partial charge in [0.05, 0.1) is 11.2 Å². The number of hydrogen-bond donors (Lipinski definition) is 2. The molecule has 3 nitrogen and oxygen atoms in total. The van der Waals surface area contributed by atoms with Gasteiger partial charge >= 0.3 is 0 Å². The average molecular weight is 318 g/mol. The monoisotopic (exact) mass is 317 g/mol. The average Bonchev–Trinajstić information content (AvgIpc) is 2.29. The number of aliphatic hydroxyl groups is 1. The van der Waals surface area contributed by atoms with Gasteiger partial charge in [0.25, 0.3) is 5.91 Å². The molecule has 2 N–H and O–H groups in total. The summed E-state index contributed by atoms with van der Waals surface area (Å²) in [6.07, 6.45) is 0. The number of nitrogens with one attached hydrogen (secondary N) is 1. The minimum atomic E-state index is -1.02. The second kappa shape index (κ2) is 5.80. The van der Waals surface area contributed by atoms with Crippen molar-refractivity contribution in [1.82, 2.24) is 5.32 Å². The van der Waals surface area contributed by atoms with E-state index in [1.54, 1.807) is 6.92 Å². The molecule has 0 aromatic heterocycles. The maximum absolute atomic E-state index is 13.5. The quantitative estimate of drug-likeness (QED) is 0.897. The van der Waals surface area contributed by atoms with Gasteiger partial charge in [0.2, 0.25) is 0 Å². The Morgan fingerprint density at radius 3 is 2.72 bits per heavy atom. The summed E-state index contributed by atoms with van der Waals surface area (Å²) in [5.41, 5.74) is -1.05. The molecule has 0 spiro atoms. The fraction of sp³-hybridized carbons (Fsp3) is 0.462. The first-order valence-corrected chi connectivity index (χ1v) is 6.49. The van der Waals surface area contributed by atoms with Gasteiger partial charge in [-0.15, -0.1) is 0 Å². The Kier molecular flexibility index (Phi) is 4.87. The maximum Gasteiger partial charge on any atom is 0.254 e. The van der Waals surface area contributed by atoms with Crippen molar-refractivity contribution in [3.8, 4) is 0 Å². The number of carbonyl (C=O) groups is 1. The molecule has 100 valence electrons. The molecule has 1 aromatic rings. The van der Waals surface area contributed by atoms with Crippen LogP contribution in [0.4, 0.5) is 4.39 Å². The number of halogens is 2. The van der Waals surface area contributed by atoms with E-state index in [9.17, 15) is 14.3 Å². The minimum absolute atomic E-state index is 0.00911. The number of hydrogen-bond acceptors (Lipinski definition) is 2. The summed E-state index contributed by atoms with van der Waals surface area (Å²) in [5.74, 6) is -1.13. The molecular weight excluding hydrogens is 301 g/mol. The Morgan fingerprint density at radius 1 is 1.56 bits per heavy atom. The SMILES string of the molecule is CC(C)C(C)(O)CNC(=O)c1cc(Br)ccc1F. The van der Waals surface area contributed by atoms with Gasteiger partial charge in [-0.25, -0.2) is 4.39 Å². The Balaban J connectivity index is 2.75. The van der Waals surface area contributed by atoms with Crippen LogP contribution in [0.1, 0.15) is 31.1 Å². The van der Waals surface area contributed by atoms with E-state index in [0.29, 0.717) is 4.47 Å². The van der Waals surface area contributed by atoms with Gasteiger partial charge in [-0.3, -0.25) is 4.79 Å². The lowest BCUT2D eigenvalue weighted by atomic mass is 9.92. The fourth-order valence-electron chi connectivity index (χ4n) is 1.23. The first kappa shape index (κ1) is 15.1. The van der Waals surface area contributed by atoms with Crippen molar-refractivity contribution in [2.45, 2.75) is 26.4 Å². The summed E-state index contributed by atoms with van der Waals surface area (Å²) >= 11 is 3.18. The summed E-state index contributed by atoms with van der Waals surface area (Å²) in [4.78, 5) is 11.8. The molecule has 0 bridgehead atoms. The van der Waals surface area contributed by atoms with E-state index in [1.165, 1.54) is 18.2 Å². The third kappa shape index (κ3) is 3.78. The predicted octanol–water partition coefficient (Wildman–Crippen LogP) is 2.73. The van der Waals surface area contributed by atoms with Crippen LogP contribution in [-0.2, 0) is 0 Å². The summed E-state index contributed by atoms with van der Waals surface area (Å²) in [7, 11) is 0. The van der Waals surface area contributed by atoms with Crippen LogP contribution in [0.25, 0.3) is 0 Å². The molecule has 0 aliphatic rings. The van der Waals surface area contributed by atoms with E-state index < -0.39 is 17.3 Å². The molecule has 5 heteroatoms. The van der Waals surface area contributed by atoms with Crippen LogP contribution in [0.5, 0.6) is 0 Å². The Hall–Kier alpha value is -0.940. The van der Waals surface area contributed by atoms with E-state index in [1.807, 2.05) is 13.8 Å². The van der Waals surface area contributed by atoms with Crippen molar-refractivity contribution in [2.75, 3.05) is 6.54 Å². The number of benzene rings is 1. The first-order chi connectivity index (χ1) is 8.24. The first-order valence-electron chi connectivity index (χ1n) is 5.69. The lowest BCUT2D eigenvalue weighted by molar-refractivity contribution is 0.0142. The summed E-state index contributed by atoms with van der Waals surface area (Å²) in [5, 5.41) is 12.5. The third-order valence-electron chi connectivity index (χ3n) is 3.02. The smallest absolute Gasteiger partial charge is 0.254 e.